The number of amides is 8. The van der Waals surface area contributed by atoms with Crippen LogP contribution in [0, 0.1) is 0 Å². The van der Waals surface area contributed by atoms with Crippen LogP contribution < -0.4 is 102 Å². The van der Waals surface area contributed by atoms with E-state index in [4.69, 9.17) is 59.1 Å². The fourth-order valence-corrected chi connectivity index (χ4v) is 7.96. The third-order valence-corrected chi connectivity index (χ3v) is 12.2. The van der Waals surface area contributed by atoms with E-state index in [1.165, 1.54) is 115 Å². The molecule has 0 saturated heterocycles. The molecule has 0 aliphatic rings. The van der Waals surface area contributed by atoms with Crippen molar-refractivity contribution < 1.29 is 57.3 Å². The molecule has 0 fully saturated rings. The maximum atomic E-state index is 14.3. The highest BCUT2D eigenvalue weighted by Crippen LogP contribution is 2.28. The van der Waals surface area contributed by atoms with Crippen molar-refractivity contribution in [3.63, 3.8) is 0 Å². The lowest BCUT2D eigenvalue weighted by Crippen LogP contribution is -2.44. The highest BCUT2D eigenvalue weighted by atomic mass is 16.5. The van der Waals surface area contributed by atoms with Crippen molar-refractivity contribution >= 4 is 87.9 Å². The molecule has 22 N–H and O–H groups in total. The fraction of sp³-hybridized carbons (Fsp3) is 0.352. The molecule has 4 aromatic rings. The van der Waals surface area contributed by atoms with E-state index >= 15 is 0 Å². The summed E-state index contributed by atoms with van der Waals surface area (Å²) in [4.78, 5) is 121. The van der Waals surface area contributed by atoms with E-state index in [0.29, 0.717) is 0 Å². The van der Waals surface area contributed by atoms with Crippen molar-refractivity contribution in [2.24, 2.45) is 55.1 Å². The number of nitrogens with one attached hydrogen (secondary N) is 8. The monoisotopic (exact) mass is 1170 g/mol. The normalized spacial score (nSPS) is 11.9. The first-order chi connectivity index (χ1) is 40.0. The number of nitrogens with two attached hydrogens (primary N) is 7. The van der Waals surface area contributed by atoms with Gasteiger partial charge in [-0.15, -0.1) is 0 Å². The standard InChI is InChI=1S/C54H74N18O12/c1-28(55)44(73)66-29-13-18-41(82-4)34(25-29)46(75)70-38(11-8-22-64-53(58)59)50(79)68-31-15-20-43(84-6)36(27-31)48(77)72-39(12-9-23-65-54(60)61)51(80)69-32-16-19-42(83-5)35(26-32)47(76)71-37(10-7-21-63-52(56)57)49(78)67-30-14-17-40(81-3)33(24-30)45(74)62-2/h13-20,24-28,37-39H,7-12,21-23,55H2,1-6H3,(H,62,74)(H,66,73)(H,67,78)(H,68,79)(H,69,80)(H,70,75)(H,71,76)(H,72,77)(H4,56,57,63)(H4,58,59,64)(H4,60,61,65)/t28-,37-,38-,39-/m1/s1. The molecule has 0 aliphatic heterocycles. The number of benzene rings is 4. The van der Waals surface area contributed by atoms with Crippen molar-refractivity contribution in [2.75, 3.05) is 76.4 Å². The van der Waals surface area contributed by atoms with E-state index in [0.717, 1.165) is 0 Å². The Balaban J connectivity index is 1.62. The summed E-state index contributed by atoms with van der Waals surface area (Å²) < 4.78 is 21.7. The number of aliphatic imine (C=N–C) groups is 3. The van der Waals surface area contributed by atoms with Crippen LogP contribution in [0.4, 0.5) is 22.7 Å². The van der Waals surface area contributed by atoms with E-state index in [-0.39, 0.29) is 144 Å². The van der Waals surface area contributed by atoms with Gasteiger partial charge >= 0.3 is 0 Å². The zero-order valence-corrected chi connectivity index (χ0v) is 47.4. The average Bonchev–Trinajstić information content (AvgIpc) is 3.65. The van der Waals surface area contributed by atoms with Crippen molar-refractivity contribution in [2.45, 2.75) is 69.6 Å². The van der Waals surface area contributed by atoms with Gasteiger partial charge in [0.15, 0.2) is 17.9 Å². The van der Waals surface area contributed by atoms with Gasteiger partial charge in [-0.05, 0) is 118 Å². The lowest BCUT2D eigenvalue weighted by molar-refractivity contribution is -0.118. The van der Waals surface area contributed by atoms with Gasteiger partial charge in [0.1, 0.15) is 41.1 Å². The molecule has 0 aromatic heterocycles. The van der Waals surface area contributed by atoms with Gasteiger partial charge in [0.25, 0.3) is 23.6 Å². The number of anilines is 4. The van der Waals surface area contributed by atoms with Crippen LogP contribution in [0.15, 0.2) is 87.8 Å². The van der Waals surface area contributed by atoms with Crippen molar-refractivity contribution in [3.8, 4) is 23.0 Å². The molecule has 0 unspecified atom stereocenters. The average molecular weight is 1170 g/mol. The topological polar surface area (TPSA) is 489 Å². The van der Waals surface area contributed by atoms with Crippen LogP contribution in [-0.4, -0.2) is 144 Å². The molecular formula is C54H74N18O12. The third-order valence-electron chi connectivity index (χ3n) is 12.2. The summed E-state index contributed by atoms with van der Waals surface area (Å²) >= 11 is 0. The molecule has 30 nitrogen and oxygen atoms in total. The summed E-state index contributed by atoms with van der Waals surface area (Å²) in [5, 5.41) is 21.4. The van der Waals surface area contributed by atoms with Gasteiger partial charge in [0.2, 0.25) is 23.6 Å². The van der Waals surface area contributed by atoms with Gasteiger partial charge in [0.05, 0.1) is 56.7 Å². The molecule has 0 saturated carbocycles. The second kappa shape index (κ2) is 32.8. The zero-order chi connectivity index (χ0) is 62.0. The second-order valence-electron chi connectivity index (χ2n) is 18.4. The van der Waals surface area contributed by atoms with E-state index in [1.807, 2.05) is 0 Å². The van der Waals surface area contributed by atoms with E-state index in [2.05, 4.69) is 57.5 Å². The van der Waals surface area contributed by atoms with Gasteiger partial charge < -0.3 is 102 Å². The smallest absolute Gasteiger partial charge is 0.255 e. The highest BCUT2D eigenvalue weighted by molar-refractivity contribution is 6.08. The SMILES string of the molecule is CNC(=O)c1cc(NC(=O)[C@@H](CCCN=C(N)N)NC(=O)c2cc(NC(=O)[C@@H](CCCN=C(N)N)NC(=O)c3cc(NC(=O)[C@@H](CCCN=C(N)N)NC(=O)c4cc(NC(=O)[C@@H](C)N)ccc4OC)ccc3OC)ccc2OC)ccc1OC. The molecule has 4 aromatic carbocycles. The number of carbonyl (C=O) groups excluding carboxylic acids is 8. The maximum absolute atomic E-state index is 14.3. The summed E-state index contributed by atoms with van der Waals surface area (Å²) in [6.07, 6.45) is 0.685. The summed E-state index contributed by atoms with van der Waals surface area (Å²) in [5.41, 5.74) is 39.4. The fourth-order valence-electron chi connectivity index (χ4n) is 7.96. The van der Waals surface area contributed by atoms with Gasteiger partial charge in [-0.25, -0.2) is 0 Å². The Bertz CT molecular complexity index is 3100. The minimum atomic E-state index is -1.30. The van der Waals surface area contributed by atoms with Gasteiger partial charge in [-0.3, -0.25) is 53.3 Å². The molecule has 0 radical (unpaired) electrons. The first-order valence-corrected chi connectivity index (χ1v) is 26.0. The first-order valence-electron chi connectivity index (χ1n) is 26.0. The third kappa shape index (κ3) is 20.3. The predicted octanol–water partition coefficient (Wildman–Crippen LogP) is -0.262. The summed E-state index contributed by atoms with van der Waals surface area (Å²) in [6.45, 7) is 1.78. The minimum absolute atomic E-state index is 0.0201. The summed E-state index contributed by atoms with van der Waals surface area (Å²) in [5.74, 6) is -5.55. The van der Waals surface area contributed by atoms with Gasteiger partial charge in [-0.2, -0.15) is 0 Å². The number of guanidine groups is 3. The Hall–Kier alpha value is -10.4. The van der Waals surface area contributed by atoms with Crippen molar-refractivity contribution in [1.82, 2.24) is 21.3 Å². The van der Waals surface area contributed by atoms with Gasteiger partial charge in [0, 0.05) is 49.4 Å². The van der Waals surface area contributed by atoms with E-state index in [1.54, 1.807) is 0 Å². The van der Waals surface area contributed by atoms with Crippen LogP contribution >= 0.6 is 0 Å². The molecule has 0 aliphatic carbocycles. The van der Waals surface area contributed by atoms with Gasteiger partial charge in [-0.1, -0.05) is 0 Å². The molecule has 0 bridgehead atoms. The maximum Gasteiger partial charge on any atom is 0.255 e. The number of hydrogen-bond acceptors (Lipinski definition) is 16. The minimum Gasteiger partial charge on any atom is -0.496 e. The first kappa shape index (κ1) is 66.1. The molecule has 0 spiro atoms. The van der Waals surface area contributed by atoms with E-state index < -0.39 is 71.4 Å². The van der Waals surface area contributed by atoms with Crippen LogP contribution in [0.3, 0.4) is 0 Å². The molecule has 4 atom stereocenters. The van der Waals surface area contributed by atoms with Crippen LogP contribution in [0.1, 0.15) is 86.9 Å². The van der Waals surface area contributed by atoms with Crippen molar-refractivity contribution in [3.05, 3.63) is 95.1 Å². The molecular weight excluding hydrogens is 1090 g/mol. The predicted molar refractivity (Wildman–Crippen MR) is 317 cm³/mol. The quantitative estimate of drug-likeness (QED) is 0.0175. The molecule has 4 rings (SSSR count). The number of methoxy groups -OCH3 is 4. The Kier molecular flexibility index (Phi) is 25.8. The largest absolute Gasteiger partial charge is 0.496 e. The van der Waals surface area contributed by atoms with Crippen molar-refractivity contribution in [1.29, 1.82) is 0 Å². The number of nitrogens with zero attached hydrogens (tertiary/aromatic N) is 3. The number of hydrogen-bond donors (Lipinski definition) is 15. The molecule has 30 heteroatoms. The zero-order valence-electron chi connectivity index (χ0n) is 47.4. The number of rotatable bonds is 31. The summed E-state index contributed by atoms with van der Waals surface area (Å²) in [7, 11) is 6.79. The Morgan fingerprint density at radius 1 is 0.417 bits per heavy atom. The van der Waals surface area contributed by atoms with Crippen LogP contribution in [0.2, 0.25) is 0 Å². The number of ether oxygens (including phenoxy) is 4. The second-order valence-corrected chi connectivity index (χ2v) is 18.4. The van der Waals surface area contributed by atoms with Crippen LogP contribution in [0.25, 0.3) is 0 Å². The summed E-state index contributed by atoms with van der Waals surface area (Å²) in [6, 6.07) is 12.5. The highest BCUT2D eigenvalue weighted by Gasteiger charge is 2.29. The molecule has 84 heavy (non-hydrogen) atoms. The molecule has 0 heterocycles. The van der Waals surface area contributed by atoms with Crippen LogP contribution in [-0.2, 0) is 19.2 Å². The Morgan fingerprint density at radius 3 is 0.893 bits per heavy atom. The van der Waals surface area contributed by atoms with E-state index in [9.17, 15) is 38.4 Å². The van der Waals surface area contributed by atoms with Crippen LogP contribution in [0.5, 0.6) is 23.0 Å². The lowest BCUT2D eigenvalue weighted by Gasteiger charge is -2.21. The Labute approximate surface area is 484 Å². The Morgan fingerprint density at radius 2 is 0.667 bits per heavy atom. The molecule has 452 valence electrons. The molecule has 8 amide bonds. The lowest BCUT2D eigenvalue weighted by atomic mass is 10.1. The number of carbonyl (C=O) groups is 8.